The minimum absolute atomic E-state index is 0.242. The third-order valence-corrected chi connectivity index (χ3v) is 3.42. The fourth-order valence-electron chi connectivity index (χ4n) is 2.19. The maximum atomic E-state index is 11.8. The first-order valence-corrected chi connectivity index (χ1v) is 8.08. The van der Waals surface area contributed by atoms with Crippen molar-refractivity contribution in [2.24, 2.45) is 0 Å². The van der Waals surface area contributed by atoms with Crippen LogP contribution >= 0.6 is 0 Å². The highest BCUT2D eigenvalue weighted by Crippen LogP contribution is 2.30. The number of rotatable bonds is 7. The second-order valence-electron chi connectivity index (χ2n) is 5.34. The first kappa shape index (κ1) is 17.2. The number of ether oxygens (including phenoxy) is 1. The first-order chi connectivity index (χ1) is 12.8. The Labute approximate surface area is 151 Å². The molecule has 0 spiro atoms. The van der Waals surface area contributed by atoms with Gasteiger partial charge in [0.1, 0.15) is 5.75 Å². The molecule has 0 atom stereocenters. The molecule has 1 amide bonds. The summed E-state index contributed by atoms with van der Waals surface area (Å²) in [6.07, 6.45) is 1.60. The summed E-state index contributed by atoms with van der Waals surface area (Å²) in [4.78, 5) is 11.8. The van der Waals surface area contributed by atoms with Crippen molar-refractivity contribution in [1.29, 1.82) is 0 Å². The van der Waals surface area contributed by atoms with Gasteiger partial charge < -0.3 is 15.4 Å². The van der Waals surface area contributed by atoms with Crippen LogP contribution in [-0.4, -0.2) is 22.6 Å². The molecule has 0 saturated carbocycles. The van der Waals surface area contributed by atoms with Gasteiger partial charge in [-0.3, -0.25) is 4.79 Å². The summed E-state index contributed by atoms with van der Waals surface area (Å²) in [5.41, 5.74) is 0.987. The number of nitrogens with one attached hydrogen (secondary N) is 2. The highest BCUT2D eigenvalue weighted by atomic mass is 16.5. The fraction of sp³-hybridized carbons (Fsp3) is 0.0500. The SMILES string of the molecule is C=CCNC(=O)c1ccc(Nc2ccccc2Oc2ccccc2)nn1. The molecule has 0 aliphatic heterocycles. The Bertz CT molecular complexity index is 880. The summed E-state index contributed by atoms with van der Waals surface area (Å²) >= 11 is 0. The predicted octanol–water partition coefficient (Wildman–Crippen LogP) is 3.93. The number of nitrogens with zero attached hydrogens (tertiary/aromatic N) is 2. The molecule has 26 heavy (non-hydrogen) atoms. The molecule has 0 fully saturated rings. The second-order valence-corrected chi connectivity index (χ2v) is 5.34. The molecule has 1 aromatic heterocycles. The highest BCUT2D eigenvalue weighted by molar-refractivity contribution is 5.92. The van der Waals surface area contributed by atoms with Crippen molar-refractivity contribution in [3.05, 3.63) is 85.1 Å². The number of amides is 1. The van der Waals surface area contributed by atoms with Crippen molar-refractivity contribution in [2.45, 2.75) is 0 Å². The normalized spacial score (nSPS) is 10.0. The van der Waals surface area contributed by atoms with Gasteiger partial charge in [-0.05, 0) is 36.4 Å². The van der Waals surface area contributed by atoms with Crippen molar-refractivity contribution >= 4 is 17.4 Å². The number of benzene rings is 2. The van der Waals surface area contributed by atoms with Crippen LogP contribution in [0.4, 0.5) is 11.5 Å². The number of carbonyl (C=O) groups excluding carboxylic acids is 1. The summed E-state index contributed by atoms with van der Waals surface area (Å²) in [6, 6.07) is 20.3. The Morgan fingerprint density at radius 3 is 2.50 bits per heavy atom. The van der Waals surface area contributed by atoms with E-state index in [4.69, 9.17) is 4.74 Å². The van der Waals surface area contributed by atoms with E-state index in [2.05, 4.69) is 27.4 Å². The quantitative estimate of drug-likeness (QED) is 0.634. The summed E-state index contributed by atoms with van der Waals surface area (Å²) in [7, 11) is 0. The van der Waals surface area contributed by atoms with Crippen molar-refractivity contribution in [3.8, 4) is 11.5 Å². The van der Waals surface area contributed by atoms with Crippen LogP contribution in [0.25, 0.3) is 0 Å². The van der Waals surface area contributed by atoms with Crippen LogP contribution in [0, 0.1) is 0 Å². The van der Waals surface area contributed by atoms with Crippen LogP contribution in [0.5, 0.6) is 11.5 Å². The summed E-state index contributed by atoms with van der Waals surface area (Å²) in [5.74, 6) is 1.61. The minimum atomic E-state index is -0.295. The molecular weight excluding hydrogens is 328 g/mol. The molecule has 0 saturated heterocycles. The average molecular weight is 346 g/mol. The van der Waals surface area contributed by atoms with Crippen molar-refractivity contribution in [3.63, 3.8) is 0 Å². The summed E-state index contributed by atoms with van der Waals surface area (Å²) in [6.45, 7) is 3.93. The summed E-state index contributed by atoms with van der Waals surface area (Å²) in [5, 5.41) is 13.8. The third kappa shape index (κ3) is 4.45. The van der Waals surface area contributed by atoms with Crippen LogP contribution in [-0.2, 0) is 0 Å². The Hall–Kier alpha value is -3.67. The maximum Gasteiger partial charge on any atom is 0.272 e. The molecule has 0 bridgehead atoms. The van der Waals surface area contributed by atoms with E-state index in [9.17, 15) is 4.79 Å². The largest absolute Gasteiger partial charge is 0.455 e. The molecule has 0 radical (unpaired) electrons. The lowest BCUT2D eigenvalue weighted by molar-refractivity contribution is 0.0952. The van der Waals surface area contributed by atoms with E-state index in [1.165, 1.54) is 0 Å². The Balaban J connectivity index is 1.73. The zero-order valence-corrected chi connectivity index (χ0v) is 14.1. The van der Waals surface area contributed by atoms with Crippen LogP contribution in [0.3, 0.4) is 0 Å². The zero-order valence-electron chi connectivity index (χ0n) is 14.1. The number of anilines is 2. The molecule has 3 aromatic rings. The van der Waals surface area contributed by atoms with Gasteiger partial charge >= 0.3 is 0 Å². The lowest BCUT2D eigenvalue weighted by atomic mass is 10.2. The fourth-order valence-corrected chi connectivity index (χ4v) is 2.19. The lowest BCUT2D eigenvalue weighted by Gasteiger charge is -2.12. The zero-order chi connectivity index (χ0) is 18.2. The monoisotopic (exact) mass is 346 g/mol. The molecule has 130 valence electrons. The molecule has 2 N–H and O–H groups in total. The molecule has 2 aromatic carbocycles. The first-order valence-electron chi connectivity index (χ1n) is 8.08. The van der Waals surface area contributed by atoms with Gasteiger partial charge in [0, 0.05) is 6.54 Å². The molecule has 0 unspecified atom stereocenters. The highest BCUT2D eigenvalue weighted by Gasteiger charge is 2.09. The maximum absolute atomic E-state index is 11.8. The number of para-hydroxylation sites is 3. The van der Waals surface area contributed by atoms with Gasteiger partial charge in [-0.25, -0.2) is 0 Å². The molecule has 0 aliphatic rings. The molecular formula is C20H18N4O2. The van der Waals surface area contributed by atoms with E-state index >= 15 is 0 Å². The van der Waals surface area contributed by atoms with Crippen molar-refractivity contribution in [1.82, 2.24) is 15.5 Å². The van der Waals surface area contributed by atoms with Crippen LogP contribution in [0.15, 0.2) is 79.4 Å². The average Bonchev–Trinajstić information content (AvgIpc) is 2.69. The van der Waals surface area contributed by atoms with Crippen LogP contribution < -0.4 is 15.4 Å². The van der Waals surface area contributed by atoms with Gasteiger partial charge in [-0.2, -0.15) is 0 Å². The number of aromatic nitrogens is 2. The van der Waals surface area contributed by atoms with Gasteiger partial charge in [0.15, 0.2) is 17.3 Å². The Morgan fingerprint density at radius 1 is 1.00 bits per heavy atom. The molecule has 1 heterocycles. The molecule has 6 nitrogen and oxygen atoms in total. The van der Waals surface area contributed by atoms with E-state index in [0.717, 1.165) is 11.4 Å². The van der Waals surface area contributed by atoms with E-state index in [0.29, 0.717) is 18.1 Å². The Kier molecular flexibility index (Phi) is 5.57. The topological polar surface area (TPSA) is 76.1 Å². The second kappa shape index (κ2) is 8.43. The predicted molar refractivity (Wildman–Crippen MR) is 101 cm³/mol. The van der Waals surface area contributed by atoms with Gasteiger partial charge in [0.25, 0.3) is 5.91 Å². The summed E-state index contributed by atoms with van der Waals surface area (Å²) < 4.78 is 5.90. The van der Waals surface area contributed by atoms with Crippen LogP contribution in [0.1, 0.15) is 10.5 Å². The van der Waals surface area contributed by atoms with Crippen molar-refractivity contribution < 1.29 is 9.53 Å². The standard InChI is InChI=1S/C20H18N4O2/c1-2-14-21-20(25)17-12-13-19(24-23-17)22-16-10-6-7-11-18(16)26-15-8-4-3-5-9-15/h2-13H,1,14H2,(H,21,25)(H,22,24). The number of carbonyl (C=O) groups is 1. The smallest absolute Gasteiger partial charge is 0.272 e. The molecule has 3 rings (SSSR count). The lowest BCUT2D eigenvalue weighted by Crippen LogP contribution is -2.24. The third-order valence-electron chi connectivity index (χ3n) is 3.42. The van der Waals surface area contributed by atoms with E-state index in [-0.39, 0.29) is 11.6 Å². The van der Waals surface area contributed by atoms with Gasteiger partial charge in [-0.1, -0.05) is 36.4 Å². The van der Waals surface area contributed by atoms with Crippen LogP contribution in [0.2, 0.25) is 0 Å². The van der Waals surface area contributed by atoms with E-state index in [1.807, 2.05) is 54.6 Å². The Morgan fingerprint density at radius 2 is 1.77 bits per heavy atom. The van der Waals surface area contributed by atoms with E-state index in [1.54, 1.807) is 18.2 Å². The van der Waals surface area contributed by atoms with Gasteiger partial charge in [-0.15, -0.1) is 16.8 Å². The molecule has 6 heteroatoms. The van der Waals surface area contributed by atoms with Gasteiger partial charge in [0.2, 0.25) is 0 Å². The minimum Gasteiger partial charge on any atom is -0.455 e. The molecule has 0 aliphatic carbocycles. The van der Waals surface area contributed by atoms with E-state index < -0.39 is 0 Å². The van der Waals surface area contributed by atoms with Crippen molar-refractivity contribution in [2.75, 3.05) is 11.9 Å². The number of hydrogen-bond acceptors (Lipinski definition) is 5. The van der Waals surface area contributed by atoms with Gasteiger partial charge in [0.05, 0.1) is 5.69 Å². The number of hydrogen-bond donors (Lipinski definition) is 2.